The van der Waals surface area contributed by atoms with Crippen LogP contribution in [0.4, 0.5) is 5.69 Å². The monoisotopic (exact) mass is 516 g/mol. The summed E-state index contributed by atoms with van der Waals surface area (Å²) in [6.07, 6.45) is 1.11. The van der Waals surface area contributed by atoms with Gasteiger partial charge in [-0.05, 0) is 41.5 Å². The number of aromatic hydroxyl groups is 1. The number of nitrogens with one attached hydrogen (secondary N) is 3. The normalized spacial score (nSPS) is 12.3. The molecule has 3 amide bonds. The van der Waals surface area contributed by atoms with E-state index in [2.05, 4.69) is 25.9 Å². The van der Waals surface area contributed by atoms with Crippen LogP contribution in [-0.4, -0.2) is 54.9 Å². The highest BCUT2D eigenvalue weighted by atomic mass is 16.5. The molecule has 1 aliphatic heterocycles. The summed E-state index contributed by atoms with van der Waals surface area (Å²) in [6.45, 7) is 0.105. The van der Waals surface area contributed by atoms with Gasteiger partial charge in [-0.25, -0.2) is 19.2 Å². The number of ether oxygens (including phenoxy) is 1. The van der Waals surface area contributed by atoms with E-state index < -0.39 is 17.8 Å². The summed E-state index contributed by atoms with van der Waals surface area (Å²) >= 11 is 0. The van der Waals surface area contributed by atoms with Crippen molar-refractivity contribution in [3.8, 4) is 11.6 Å². The summed E-state index contributed by atoms with van der Waals surface area (Å²) in [5.74, 6) is -2.41. The Hall–Kier alpha value is -5.46. The molecule has 0 saturated heterocycles. The largest absolute Gasteiger partial charge is 0.493 e. The summed E-state index contributed by atoms with van der Waals surface area (Å²) in [5, 5.41) is 27.3. The first kappa shape index (κ1) is 24.2. The SMILES string of the molecule is O=C1COc2ccc(CNC(=O)c3cc(C(=O)NCc4ccc(C(=O)O)cc4)n4c(O)cnc4n3)cc2N1. The lowest BCUT2D eigenvalue weighted by molar-refractivity contribution is -0.118. The van der Waals surface area contributed by atoms with Crippen LogP contribution in [0.2, 0.25) is 0 Å². The zero-order chi connectivity index (χ0) is 26.8. The van der Waals surface area contributed by atoms with Crippen LogP contribution in [0.15, 0.2) is 54.7 Å². The number of aromatic carboxylic acids is 1. The highest BCUT2D eigenvalue weighted by molar-refractivity contribution is 5.98. The molecule has 0 radical (unpaired) electrons. The van der Waals surface area contributed by atoms with Crippen molar-refractivity contribution in [2.75, 3.05) is 11.9 Å². The molecule has 0 fully saturated rings. The van der Waals surface area contributed by atoms with E-state index in [9.17, 15) is 24.3 Å². The minimum absolute atomic E-state index is 0.0558. The van der Waals surface area contributed by atoms with Gasteiger partial charge in [0.2, 0.25) is 11.7 Å². The minimum atomic E-state index is -1.06. The second-order valence-corrected chi connectivity index (χ2v) is 8.31. The maximum Gasteiger partial charge on any atom is 0.335 e. The van der Waals surface area contributed by atoms with Crippen molar-refractivity contribution in [1.29, 1.82) is 0 Å². The van der Waals surface area contributed by atoms with Gasteiger partial charge in [0.15, 0.2) is 6.61 Å². The Balaban J connectivity index is 1.32. The van der Waals surface area contributed by atoms with Crippen LogP contribution in [-0.2, 0) is 17.9 Å². The van der Waals surface area contributed by atoms with Crippen molar-refractivity contribution in [3.63, 3.8) is 0 Å². The molecule has 2 aromatic carbocycles. The Morgan fingerprint density at radius 1 is 1.00 bits per heavy atom. The number of carbonyl (C=O) groups excluding carboxylic acids is 3. The van der Waals surface area contributed by atoms with Crippen LogP contribution in [0.1, 0.15) is 42.5 Å². The summed E-state index contributed by atoms with van der Waals surface area (Å²) < 4.78 is 6.43. The van der Waals surface area contributed by atoms with E-state index in [1.165, 1.54) is 18.2 Å². The molecule has 5 N–H and O–H groups in total. The number of fused-ring (bicyclic) bond motifs is 2. The molecular formula is C25H20N6O7. The molecule has 1 aliphatic rings. The van der Waals surface area contributed by atoms with E-state index in [0.717, 1.165) is 10.6 Å². The number of nitrogens with zero attached hydrogens (tertiary/aromatic N) is 3. The number of carboxylic acids is 1. The third kappa shape index (κ3) is 4.93. The number of anilines is 1. The van der Waals surface area contributed by atoms with Crippen LogP contribution in [0, 0.1) is 0 Å². The van der Waals surface area contributed by atoms with Crippen molar-refractivity contribution >= 4 is 35.2 Å². The molecule has 192 valence electrons. The summed E-state index contributed by atoms with van der Waals surface area (Å²) in [7, 11) is 0. The van der Waals surface area contributed by atoms with Gasteiger partial charge in [0.1, 0.15) is 17.1 Å². The average molecular weight is 516 g/mol. The molecule has 0 bridgehead atoms. The molecule has 3 heterocycles. The minimum Gasteiger partial charge on any atom is -0.493 e. The first-order chi connectivity index (χ1) is 18.3. The van der Waals surface area contributed by atoms with E-state index in [1.54, 1.807) is 30.3 Å². The van der Waals surface area contributed by atoms with E-state index in [0.29, 0.717) is 22.6 Å². The van der Waals surface area contributed by atoms with Crippen LogP contribution < -0.4 is 20.7 Å². The number of carbonyl (C=O) groups is 4. The lowest BCUT2D eigenvalue weighted by atomic mass is 10.1. The Morgan fingerprint density at radius 2 is 1.71 bits per heavy atom. The fraction of sp³-hybridized carbons (Fsp3) is 0.120. The zero-order valence-corrected chi connectivity index (χ0v) is 19.6. The highest BCUT2D eigenvalue weighted by Gasteiger charge is 2.20. The number of carboxylic acid groups (broad SMARTS) is 1. The Morgan fingerprint density at radius 3 is 2.47 bits per heavy atom. The van der Waals surface area contributed by atoms with Gasteiger partial charge in [-0.1, -0.05) is 18.2 Å². The second-order valence-electron chi connectivity index (χ2n) is 8.31. The fourth-order valence-electron chi connectivity index (χ4n) is 3.81. The van der Waals surface area contributed by atoms with Crippen LogP contribution >= 0.6 is 0 Å². The molecule has 2 aromatic heterocycles. The number of hydrogen-bond donors (Lipinski definition) is 5. The summed E-state index contributed by atoms with van der Waals surface area (Å²) in [6, 6.07) is 12.3. The van der Waals surface area contributed by atoms with Crippen molar-refractivity contribution in [1.82, 2.24) is 25.0 Å². The molecule has 4 aromatic rings. The van der Waals surface area contributed by atoms with Crippen LogP contribution in [0.5, 0.6) is 11.6 Å². The van der Waals surface area contributed by atoms with Crippen molar-refractivity contribution in [2.24, 2.45) is 0 Å². The average Bonchev–Trinajstić information content (AvgIpc) is 3.30. The van der Waals surface area contributed by atoms with E-state index in [4.69, 9.17) is 9.84 Å². The highest BCUT2D eigenvalue weighted by Crippen LogP contribution is 2.28. The van der Waals surface area contributed by atoms with Crippen molar-refractivity contribution < 1.29 is 34.1 Å². The molecule has 38 heavy (non-hydrogen) atoms. The predicted molar refractivity (Wildman–Crippen MR) is 131 cm³/mol. The number of aromatic nitrogens is 3. The second kappa shape index (κ2) is 9.89. The summed E-state index contributed by atoms with van der Waals surface area (Å²) in [5.41, 5.74) is 1.77. The molecule has 13 nitrogen and oxygen atoms in total. The van der Waals surface area contributed by atoms with E-state index >= 15 is 0 Å². The van der Waals surface area contributed by atoms with Gasteiger partial charge in [0, 0.05) is 13.1 Å². The third-order valence-corrected chi connectivity index (χ3v) is 5.71. The van der Waals surface area contributed by atoms with Gasteiger partial charge < -0.3 is 30.9 Å². The molecule has 0 atom stereocenters. The number of hydrogen-bond acceptors (Lipinski definition) is 8. The molecule has 13 heteroatoms. The Bertz CT molecular complexity index is 1600. The van der Waals surface area contributed by atoms with Gasteiger partial charge in [-0.15, -0.1) is 0 Å². The van der Waals surface area contributed by atoms with Crippen molar-refractivity contribution in [2.45, 2.75) is 13.1 Å². The molecule has 0 aliphatic carbocycles. The number of amides is 3. The van der Waals surface area contributed by atoms with Crippen molar-refractivity contribution in [3.05, 3.63) is 82.8 Å². The first-order valence-electron chi connectivity index (χ1n) is 11.3. The zero-order valence-electron chi connectivity index (χ0n) is 19.6. The molecule has 0 spiro atoms. The Kier molecular flexibility index (Phi) is 6.31. The Labute approximate surface area is 214 Å². The number of benzene rings is 2. The smallest absolute Gasteiger partial charge is 0.335 e. The van der Waals surface area contributed by atoms with Gasteiger partial charge in [0.25, 0.3) is 17.7 Å². The van der Waals surface area contributed by atoms with Gasteiger partial charge in [-0.2, -0.15) is 0 Å². The maximum absolute atomic E-state index is 13.0. The lowest BCUT2D eigenvalue weighted by Crippen LogP contribution is -2.28. The first-order valence-corrected chi connectivity index (χ1v) is 11.3. The quantitative estimate of drug-likeness (QED) is 0.242. The standard InChI is InChI=1S/C25H20N6O7/c32-20-12-38-19-6-3-14(7-16(19)29-20)10-26-22(34)17-8-18(31-21(33)11-28-25(31)30-17)23(35)27-9-13-1-4-15(5-2-13)24(36)37/h1-8,11,33H,9-10,12H2,(H,26,34)(H,27,35)(H,29,32)(H,36,37). The molecule has 0 saturated carbocycles. The number of imidazole rings is 1. The van der Waals surface area contributed by atoms with Gasteiger partial charge >= 0.3 is 5.97 Å². The topological polar surface area (TPSA) is 184 Å². The number of rotatable bonds is 7. The summed E-state index contributed by atoms with van der Waals surface area (Å²) in [4.78, 5) is 56.6. The van der Waals surface area contributed by atoms with Crippen LogP contribution in [0.25, 0.3) is 5.78 Å². The van der Waals surface area contributed by atoms with Crippen LogP contribution in [0.3, 0.4) is 0 Å². The van der Waals surface area contributed by atoms with E-state index in [1.807, 2.05) is 0 Å². The van der Waals surface area contributed by atoms with E-state index in [-0.39, 0.29) is 54.2 Å². The predicted octanol–water partition coefficient (Wildman–Crippen LogP) is 1.32. The van der Waals surface area contributed by atoms with Gasteiger partial charge in [-0.3, -0.25) is 14.4 Å². The maximum atomic E-state index is 13.0. The lowest BCUT2D eigenvalue weighted by Gasteiger charge is -2.18. The fourth-order valence-corrected chi connectivity index (χ4v) is 3.81. The molecule has 5 rings (SSSR count). The third-order valence-electron chi connectivity index (χ3n) is 5.71. The molecular weight excluding hydrogens is 496 g/mol. The van der Waals surface area contributed by atoms with Gasteiger partial charge in [0.05, 0.1) is 17.4 Å². The molecule has 0 unspecified atom stereocenters.